The van der Waals surface area contributed by atoms with Crippen LogP contribution in [-0.4, -0.2) is 42.0 Å². The third-order valence-electron chi connectivity index (χ3n) is 3.48. The SMILES string of the molecule is CC1CN(c2nccc3ccccc23)CC(CO)O1. The Balaban J connectivity index is 1.99. The van der Waals surface area contributed by atoms with E-state index in [1.165, 1.54) is 5.39 Å². The highest BCUT2D eigenvalue weighted by atomic mass is 16.5. The van der Waals surface area contributed by atoms with Gasteiger partial charge in [-0.2, -0.15) is 0 Å². The number of hydrogen-bond donors (Lipinski definition) is 1. The Hall–Kier alpha value is -1.65. The van der Waals surface area contributed by atoms with Crippen LogP contribution in [0.25, 0.3) is 10.8 Å². The maximum Gasteiger partial charge on any atom is 0.136 e. The van der Waals surface area contributed by atoms with E-state index >= 15 is 0 Å². The van der Waals surface area contributed by atoms with Gasteiger partial charge in [0.15, 0.2) is 0 Å². The molecule has 4 nitrogen and oxygen atoms in total. The molecule has 0 aliphatic carbocycles. The second-order valence-electron chi connectivity index (χ2n) is 5.01. The van der Waals surface area contributed by atoms with Crippen LogP contribution < -0.4 is 4.90 Å². The van der Waals surface area contributed by atoms with Crippen LogP contribution in [0.15, 0.2) is 36.5 Å². The first-order chi connectivity index (χ1) is 9.28. The van der Waals surface area contributed by atoms with E-state index in [1.807, 2.05) is 31.3 Å². The first kappa shape index (κ1) is 12.4. The molecule has 0 spiro atoms. The van der Waals surface area contributed by atoms with Gasteiger partial charge in [-0.3, -0.25) is 0 Å². The van der Waals surface area contributed by atoms with Crippen LogP contribution in [0.2, 0.25) is 0 Å². The second kappa shape index (κ2) is 5.15. The van der Waals surface area contributed by atoms with Crippen LogP contribution in [0, 0.1) is 0 Å². The molecule has 0 amide bonds. The van der Waals surface area contributed by atoms with E-state index in [9.17, 15) is 5.11 Å². The molecule has 1 saturated heterocycles. The topological polar surface area (TPSA) is 45.6 Å². The summed E-state index contributed by atoms with van der Waals surface area (Å²) in [5.41, 5.74) is 0. The number of benzene rings is 1. The number of morpholine rings is 1. The van der Waals surface area contributed by atoms with Gasteiger partial charge < -0.3 is 14.7 Å². The average Bonchev–Trinajstić information content (AvgIpc) is 2.46. The molecule has 2 aromatic rings. The van der Waals surface area contributed by atoms with E-state index in [0.29, 0.717) is 6.54 Å². The van der Waals surface area contributed by atoms with Gasteiger partial charge in [0.2, 0.25) is 0 Å². The summed E-state index contributed by atoms with van der Waals surface area (Å²) in [6.07, 6.45) is 1.81. The molecule has 2 atom stereocenters. The predicted octanol–water partition coefficient (Wildman–Crippen LogP) is 1.82. The standard InChI is InChI=1S/C15H18N2O2/c1-11-8-17(9-13(10-18)19-11)15-14-5-3-2-4-12(14)6-7-16-15/h2-7,11,13,18H,8-10H2,1H3. The molecule has 0 bridgehead atoms. The van der Waals surface area contributed by atoms with E-state index in [0.717, 1.165) is 17.7 Å². The number of aromatic nitrogens is 1. The summed E-state index contributed by atoms with van der Waals surface area (Å²) < 4.78 is 5.68. The summed E-state index contributed by atoms with van der Waals surface area (Å²) in [5, 5.41) is 11.7. The zero-order valence-corrected chi connectivity index (χ0v) is 11.0. The minimum absolute atomic E-state index is 0.0472. The molecule has 1 N–H and O–H groups in total. The van der Waals surface area contributed by atoms with E-state index in [2.05, 4.69) is 22.0 Å². The Bertz CT molecular complexity index is 568. The van der Waals surface area contributed by atoms with Gasteiger partial charge in [-0.05, 0) is 18.4 Å². The van der Waals surface area contributed by atoms with Crippen molar-refractivity contribution in [2.75, 3.05) is 24.6 Å². The quantitative estimate of drug-likeness (QED) is 0.892. The average molecular weight is 258 g/mol. The summed E-state index contributed by atoms with van der Waals surface area (Å²) >= 11 is 0. The molecule has 3 rings (SSSR count). The lowest BCUT2D eigenvalue weighted by Gasteiger charge is -2.37. The summed E-state index contributed by atoms with van der Waals surface area (Å²) in [7, 11) is 0. The Kier molecular flexibility index (Phi) is 3.36. The zero-order chi connectivity index (χ0) is 13.2. The fraction of sp³-hybridized carbons (Fsp3) is 0.400. The Morgan fingerprint density at radius 1 is 1.32 bits per heavy atom. The fourth-order valence-corrected chi connectivity index (χ4v) is 2.67. The molecule has 1 aromatic carbocycles. The Morgan fingerprint density at radius 3 is 3.00 bits per heavy atom. The molecule has 0 radical (unpaired) electrons. The Labute approximate surface area is 112 Å². The monoisotopic (exact) mass is 258 g/mol. The van der Waals surface area contributed by atoms with Crippen molar-refractivity contribution in [1.82, 2.24) is 4.98 Å². The number of anilines is 1. The van der Waals surface area contributed by atoms with Crippen LogP contribution in [0.1, 0.15) is 6.92 Å². The molecular formula is C15H18N2O2. The molecule has 1 aromatic heterocycles. The molecule has 2 unspecified atom stereocenters. The van der Waals surface area contributed by atoms with Crippen molar-refractivity contribution in [2.24, 2.45) is 0 Å². The van der Waals surface area contributed by atoms with Crippen LogP contribution >= 0.6 is 0 Å². The maximum atomic E-state index is 9.31. The molecular weight excluding hydrogens is 240 g/mol. The highest BCUT2D eigenvalue weighted by molar-refractivity contribution is 5.92. The minimum atomic E-state index is -0.135. The number of nitrogens with zero attached hydrogens (tertiary/aromatic N) is 2. The van der Waals surface area contributed by atoms with Gasteiger partial charge in [-0.15, -0.1) is 0 Å². The van der Waals surface area contributed by atoms with Gasteiger partial charge in [0.25, 0.3) is 0 Å². The summed E-state index contributed by atoms with van der Waals surface area (Å²) in [4.78, 5) is 6.73. The lowest BCUT2D eigenvalue weighted by atomic mass is 10.1. The number of aliphatic hydroxyl groups is 1. The molecule has 100 valence electrons. The molecule has 4 heteroatoms. The van der Waals surface area contributed by atoms with Gasteiger partial charge in [0.05, 0.1) is 18.8 Å². The number of ether oxygens (including phenoxy) is 1. The first-order valence-corrected chi connectivity index (χ1v) is 6.63. The highest BCUT2D eigenvalue weighted by Crippen LogP contribution is 2.26. The van der Waals surface area contributed by atoms with Gasteiger partial charge in [-0.1, -0.05) is 24.3 Å². The van der Waals surface area contributed by atoms with Gasteiger partial charge in [0, 0.05) is 24.7 Å². The third-order valence-corrected chi connectivity index (χ3v) is 3.48. The van der Waals surface area contributed by atoms with Crippen molar-refractivity contribution in [3.8, 4) is 0 Å². The van der Waals surface area contributed by atoms with Gasteiger partial charge in [0.1, 0.15) is 5.82 Å². The largest absolute Gasteiger partial charge is 0.394 e. The number of aliphatic hydroxyl groups excluding tert-OH is 1. The second-order valence-corrected chi connectivity index (χ2v) is 5.01. The summed E-state index contributed by atoms with van der Waals surface area (Å²) in [6.45, 7) is 3.56. The molecule has 1 aliphatic rings. The van der Waals surface area contributed by atoms with Crippen molar-refractivity contribution in [2.45, 2.75) is 19.1 Å². The van der Waals surface area contributed by atoms with Crippen LogP contribution in [-0.2, 0) is 4.74 Å². The molecule has 1 fully saturated rings. The smallest absolute Gasteiger partial charge is 0.136 e. The number of hydrogen-bond acceptors (Lipinski definition) is 4. The first-order valence-electron chi connectivity index (χ1n) is 6.63. The number of pyridine rings is 1. The molecule has 1 aliphatic heterocycles. The summed E-state index contributed by atoms with van der Waals surface area (Å²) in [5.74, 6) is 0.978. The summed E-state index contributed by atoms with van der Waals surface area (Å²) in [6, 6.07) is 10.3. The van der Waals surface area contributed by atoms with E-state index in [1.54, 1.807) is 0 Å². The van der Waals surface area contributed by atoms with Gasteiger partial charge >= 0.3 is 0 Å². The van der Waals surface area contributed by atoms with Crippen molar-refractivity contribution in [3.05, 3.63) is 36.5 Å². The Morgan fingerprint density at radius 2 is 2.16 bits per heavy atom. The minimum Gasteiger partial charge on any atom is -0.394 e. The molecule has 2 heterocycles. The lowest BCUT2D eigenvalue weighted by molar-refractivity contribution is -0.0422. The van der Waals surface area contributed by atoms with Gasteiger partial charge in [-0.25, -0.2) is 4.98 Å². The lowest BCUT2D eigenvalue weighted by Crippen LogP contribution is -2.48. The van der Waals surface area contributed by atoms with Crippen molar-refractivity contribution in [1.29, 1.82) is 0 Å². The maximum absolute atomic E-state index is 9.31. The molecule has 19 heavy (non-hydrogen) atoms. The van der Waals surface area contributed by atoms with E-state index < -0.39 is 0 Å². The van der Waals surface area contributed by atoms with E-state index in [4.69, 9.17) is 4.74 Å². The zero-order valence-electron chi connectivity index (χ0n) is 11.0. The number of fused-ring (bicyclic) bond motifs is 1. The van der Waals surface area contributed by atoms with Crippen molar-refractivity contribution < 1.29 is 9.84 Å². The van der Waals surface area contributed by atoms with Crippen LogP contribution in [0.5, 0.6) is 0 Å². The van der Waals surface area contributed by atoms with Crippen molar-refractivity contribution >= 4 is 16.6 Å². The normalized spacial score (nSPS) is 23.8. The van der Waals surface area contributed by atoms with Crippen LogP contribution in [0.4, 0.5) is 5.82 Å². The predicted molar refractivity (Wildman–Crippen MR) is 75.4 cm³/mol. The van der Waals surface area contributed by atoms with E-state index in [-0.39, 0.29) is 18.8 Å². The van der Waals surface area contributed by atoms with Crippen LogP contribution in [0.3, 0.4) is 0 Å². The fourth-order valence-electron chi connectivity index (χ4n) is 2.67. The number of rotatable bonds is 2. The highest BCUT2D eigenvalue weighted by Gasteiger charge is 2.26. The van der Waals surface area contributed by atoms with Crippen molar-refractivity contribution in [3.63, 3.8) is 0 Å². The molecule has 0 saturated carbocycles. The third kappa shape index (κ3) is 2.41.